The zero-order chi connectivity index (χ0) is 23.9. The molecule has 1 saturated heterocycles. The topological polar surface area (TPSA) is 94.2 Å². The van der Waals surface area contributed by atoms with E-state index >= 15 is 0 Å². The van der Waals surface area contributed by atoms with Crippen molar-refractivity contribution in [2.24, 2.45) is 11.7 Å². The highest BCUT2D eigenvalue weighted by Gasteiger charge is 2.52. The molecule has 180 valence electrons. The van der Waals surface area contributed by atoms with Gasteiger partial charge in [-0.15, -0.1) is 0 Å². The lowest BCUT2D eigenvalue weighted by Crippen LogP contribution is -2.58. The number of nitrogens with two attached hydrogens (primary N) is 1. The molecule has 0 aromatic carbocycles. The molecule has 1 rings (SSSR count). The van der Waals surface area contributed by atoms with Gasteiger partial charge in [0.15, 0.2) is 16.6 Å². The van der Waals surface area contributed by atoms with E-state index in [2.05, 4.69) is 67.7 Å². The minimum absolute atomic E-state index is 0.0132. The van der Waals surface area contributed by atoms with Crippen LogP contribution in [-0.2, 0) is 13.6 Å². The molecule has 0 saturated carbocycles. The molecule has 0 amide bonds. The summed E-state index contributed by atoms with van der Waals surface area (Å²) in [6, 6.07) is -0.675. The third-order valence-corrected chi connectivity index (χ3v) is 16.7. The molecule has 1 aliphatic heterocycles. The fourth-order valence-electron chi connectivity index (χ4n) is 3.30. The van der Waals surface area contributed by atoms with Crippen molar-refractivity contribution in [3.8, 4) is 0 Å². The highest BCUT2D eigenvalue weighted by molar-refractivity contribution is 6.74. The van der Waals surface area contributed by atoms with Gasteiger partial charge >= 0.3 is 0 Å². The molecular formula is C22H49NO5Si2. The summed E-state index contributed by atoms with van der Waals surface area (Å²) < 4.78 is 19.8. The summed E-state index contributed by atoms with van der Waals surface area (Å²) in [6.45, 7) is 25.9. The first-order valence-corrected chi connectivity index (χ1v) is 17.0. The van der Waals surface area contributed by atoms with Crippen molar-refractivity contribution >= 4 is 16.6 Å². The van der Waals surface area contributed by atoms with Crippen LogP contribution in [0.3, 0.4) is 0 Å². The van der Waals surface area contributed by atoms with Crippen molar-refractivity contribution in [1.29, 1.82) is 0 Å². The van der Waals surface area contributed by atoms with Crippen molar-refractivity contribution in [3.63, 3.8) is 0 Å². The molecular weight excluding hydrogens is 414 g/mol. The van der Waals surface area contributed by atoms with E-state index in [0.717, 1.165) is 0 Å². The van der Waals surface area contributed by atoms with Crippen molar-refractivity contribution in [3.05, 3.63) is 0 Å². The first-order chi connectivity index (χ1) is 13.2. The van der Waals surface area contributed by atoms with Crippen molar-refractivity contribution < 1.29 is 23.8 Å². The number of aliphatic hydroxyl groups is 2. The highest BCUT2D eigenvalue weighted by atomic mass is 28.4. The average Bonchev–Trinajstić information content (AvgIpc) is 2.59. The van der Waals surface area contributed by atoms with Gasteiger partial charge in [-0.2, -0.15) is 0 Å². The molecule has 6 nitrogen and oxygen atoms in total. The van der Waals surface area contributed by atoms with Crippen LogP contribution < -0.4 is 5.73 Å². The molecule has 0 spiro atoms. The third-order valence-electron chi connectivity index (χ3n) is 7.75. The van der Waals surface area contributed by atoms with Crippen LogP contribution in [0.1, 0.15) is 55.4 Å². The zero-order valence-electron chi connectivity index (χ0n) is 21.5. The predicted octanol–water partition coefficient (Wildman–Crippen LogP) is 3.87. The van der Waals surface area contributed by atoms with Crippen LogP contribution in [0.2, 0.25) is 36.3 Å². The Hall–Kier alpha value is 0.194. The maximum atomic E-state index is 11.0. The maximum Gasteiger partial charge on any atom is 0.192 e. The monoisotopic (exact) mass is 463 g/mol. The van der Waals surface area contributed by atoms with E-state index in [9.17, 15) is 10.2 Å². The lowest BCUT2D eigenvalue weighted by Gasteiger charge is -2.44. The first-order valence-electron chi connectivity index (χ1n) is 11.2. The lowest BCUT2D eigenvalue weighted by molar-refractivity contribution is -0.147. The van der Waals surface area contributed by atoms with Gasteiger partial charge in [0.05, 0.1) is 37.1 Å². The van der Waals surface area contributed by atoms with Gasteiger partial charge < -0.3 is 29.5 Å². The second kappa shape index (κ2) is 9.21. The smallest absolute Gasteiger partial charge is 0.192 e. The standard InChI is InChI=1S/C22H49NO5Si2/c1-20(2,3)29(9,10)26-14-16-19(28-30(11,12)21(4,5)6)17(23)18(25)15(13-24)22(7,8)27-16/h15-19,24-25H,13-14,23H2,1-12H3/t15-,16+,17+,18-,19+/m0/s1. The molecule has 0 aromatic heterocycles. The van der Waals surface area contributed by atoms with Gasteiger partial charge in [-0.05, 0) is 50.1 Å². The molecule has 0 radical (unpaired) electrons. The second-order valence-electron chi connectivity index (χ2n) is 12.5. The highest BCUT2D eigenvalue weighted by Crippen LogP contribution is 2.42. The largest absolute Gasteiger partial charge is 0.414 e. The number of ether oxygens (including phenoxy) is 1. The third kappa shape index (κ3) is 6.16. The summed E-state index contributed by atoms with van der Waals surface area (Å²) in [4.78, 5) is 0. The minimum atomic E-state index is -2.20. The van der Waals surface area contributed by atoms with E-state index in [4.69, 9.17) is 19.3 Å². The van der Waals surface area contributed by atoms with E-state index in [1.54, 1.807) is 0 Å². The van der Waals surface area contributed by atoms with Crippen LogP contribution in [0, 0.1) is 5.92 Å². The van der Waals surface area contributed by atoms with E-state index in [1.807, 2.05) is 13.8 Å². The Morgan fingerprint density at radius 2 is 1.43 bits per heavy atom. The normalized spacial score (nSPS) is 31.5. The molecule has 30 heavy (non-hydrogen) atoms. The van der Waals surface area contributed by atoms with Crippen LogP contribution in [0.5, 0.6) is 0 Å². The summed E-state index contributed by atoms with van der Waals surface area (Å²) in [7, 11) is -4.21. The Bertz CT molecular complexity index is 569. The van der Waals surface area contributed by atoms with Crippen molar-refractivity contribution in [2.75, 3.05) is 13.2 Å². The Labute approximate surface area is 187 Å². The molecule has 8 heteroatoms. The molecule has 0 unspecified atom stereocenters. The summed E-state index contributed by atoms with van der Waals surface area (Å²) in [6.07, 6.45) is -1.87. The zero-order valence-corrected chi connectivity index (χ0v) is 23.5. The summed E-state index contributed by atoms with van der Waals surface area (Å²) in [5, 5.41) is 21.1. The van der Waals surface area contributed by atoms with Gasteiger partial charge in [-0.1, -0.05) is 41.5 Å². The van der Waals surface area contributed by atoms with Gasteiger partial charge in [0, 0.05) is 5.92 Å². The van der Waals surface area contributed by atoms with Crippen LogP contribution in [0.15, 0.2) is 0 Å². The van der Waals surface area contributed by atoms with Gasteiger partial charge in [-0.3, -0.25) is 0 Å². The second-order valence-corrected chi connectivity index (χ2v) is 22.1. The number of rotatable bonds is 6. The Balaban J connectivity index is 3.34. The van der Waals surface area contributed by atoms with Crippen LogP contribution in [0.25, 0.3) is 0 Å². The molecule has 0 bridgehead atoms. The maximum absolute atomic E-state index is 11.0. The minimum Gasteiger partial charge on any atom is -0.414 e. The average molecular weight is 464 g/mol. The van der Waals surface area contributed by atoms with Crippen LogP contribution in [-0.4, -0.2) is 70.0 Å². The van der Waals surface area contributed by atoms with Crippen molar-refractivity contribution in [1.82, 2.24) is 0 Å². The van der Waals surface area contributed by atoms with Crippen molar-refractivity contribution in [2.45, 2.75) is 122 Å². The quantitative estimate of drug-likeness (QED) is 0.518. The lowest BCUT2D eigenvalue weighted by atomic mass is 9.83. The van der Waals surface area contributed by atoms with Gasteiger partial charge in [0.25, 0.3) is 0 Å². The molecule has 1 aliphatic rings. The first kappa shape index (κ1) is 28.2. The summed E-state index contributed by atoms with van der Waals surface area (Å²) in [5.74, 6) is -0.504. The Morgan fingerprint density at radius 1 is 0.967 bits per heavy atom. The number of aliphatic hydroxyl groups excluding tert-OH is 2. The van der Waals surface area contributed by atoms with Crippen LogP contribution in [0.4, 0.5) is 0 Å². The molecule has 4 N–H and O–H groups in total. The molecule has 0 aliphatic carbocycles. The fourth-order valence-corrected chi connectivity index (χ4v) is 5.66. The fraction of sp³-hybridized carbons (Fsp3) is 1.00. The SMILES string of the molecule is CC1(C)O[C@H](CO[Si](C)(C)C(C)(C)C)[C@@H](O[Si](C)(C)C(C)(C)C)[C@H](N)[C@@H](O)[C@@H]1CO. The number of hydrogen-bond donors (Lipinski definition) is 3. The van der Waals surface area contributed by atoms with Gasteiger partial charge in [0.1, 0.15) is 6.10 Å². The van der Waals surface area contributed by atoms with Gasteiger partial charge in [0.2, 0.25) is 0 Å². The summed E-state index contributed by atoms with van der Waals surface area (Å²) in [5.41, 5.74) is 5.82. The van der Waals surface area contributed by atoms with Crippen LogP contribution >= 0.6 is 0 Å². The number of hydrogen-bond acceptors (Lipinski definition) is 6. The molecule has 1 heterocycles. The summed E-state index contributed by atoms with van der Waals surface area (Å²) >= 11 is 0. The van der Waals surface area contributed by atoms with E-state index < -0.39 is 52.5 Å². The van der Waals surface area contributed by atoms with E-state index in [1.165, 1.54) is 0 Å². The van der Waals surface area contributed by atoms with E-state index in [-0.39, 0.29) is 16.7 Å². The predicted molar refractivity (Wildman–Crippen MR) is 129 cm³/mol. The molecule has 5 atom stereocenters. The van der Waals surface area contributed by atoms with Gasteiger partial charge in [-0.25, -0.2) is 0 Å². The Morgan fingerprint density at radius 3 is 1.83 bits per heavy atom. The molecule has 1 fully saturated rings. The Kier molecular flexibility index (Phi) is 8.67. The van der Waals surface area contributed by atoms with E-state index in [0.29, 0.717) is 6.61 Å². The molecule has 0 aromatic rings.